The molecule has 29 heavy (non-hydrogen) atoms. The number of nitrogens with zero attached hydrogens (tertiary/aromatic N) is 1. The molecule has 2 heterocycles. The Balaban J connectivity index is 1.40. The Hall–Kier alpha value is -3.74. The van der Waals surface area contributed by atoms with E-state index in [1.165, 1.54) is 30.5 Å². The number of ether oxygens (including phenoxy) is 1. The van der Waals surface area contributed by atoms with Crippen molar-refractivity contribution >= 4 is 16.9 Å². The molecule has 0 saturated heterocycles. The van der Waals surface area contributed by atoms with E-state index in [1.807, 2.05) is 6.92 Å². The van der Waals surface area contributed by atoms with Gasteiger partial charge in [0.05, 0.1) is 12.6 Å². The normalized spacial score (nSPS) is 11.0. The molecule has 4 rings (SSSR count). The number of carbonyl (C=O) groups is 1. The Morgan fingerprint density at radius 2 is 1.90 bits per heavy atom. The van der Waals surface area contributed by atoms with Crippen LogP contribution in [0.2, 0.25) is 0 Å². The number of hydrogen-bond donors (Lipinski definition) is 0. The zero-order chi connectivity index (χ0) is 20.4. The van der Waals surface area contributed by atoms with E-state index in [9.17, 15) is 14.0 Å². The number of aryl methyl sites for hydroxylation is 2. The number of fused-ring (bicyclic) bond motifs is 1. The predicted octanol–water partition coefficient (Wildman–Crippen LogP) is 4.43. The topological polar surface area (TPSA) is 82.5 Å². The van der Waals surface area contributed by atoms with Gasteiger partial charge in [0.15, 0.2) is 11.7 Å². The number of hydrogen-bond acceptors (Lipinski definition) is 6. The van der Waals surface area contributed by atoms with Crippen molar-refractivity contribution in [2.24, 2.45) is 0 Å². The van der Waals surface area contributed by atoms with Gasteiger partial charge < -0.3 is 13.6 Å². The van der Waals surface area contributed by atoms with Crippen molar-refractivity contribution in [3.8, 4) is 17.1 Å². The van der Waals surface area contributed by atoms with Crippen LogP contribution in [0.25, 0.3) is 22.3 Å². The summed E-state index contributed by atoms with van der Waals surface area (Å²) in [4.78, 5) is 27.8. The molecule has 0 amide bonds. The highest BCUT2D eigenvalue weighted by molar-refractivity contribution is 5.82. The fourth-order valence-corrected chi connectivity index (χ4v) is 2.93. The Bertz CT molecular complexity index is 1240. The van der Waals surface area contributed by atoms with Gasteiger partial charge in [-0.2, -0.15) is 0 Å². The molecule has 0 fully saturated rings. The highest BCUT2D eigenvalue weighted by Crippen LogP contribution is 2.23. The molecule has 0 aliphatic carbocycles. The third-order valence-electron chi connectivity index (χ3n) is 4.38. The maximum absolute atomic E-state index is 13.0. The summed E-state index contributed by atoms with van der Waals surface area (Å²) in [6.07, 6.45) is 1.84. The summed E-state index contributed by atoms with van der Waals surface area (Å²) in [5.74, 6) is 0.352. The van der Waals surface area contributed by atoms with Crippen LogP contribution in [0, 0.1) is 12.7 Å². The van der Waals surface area contributed by atoms with E-state index in [-0.39, 0.29) is 24.4 Å². The molecular weight excluding hydrogens is 377 g/mol. The number of rotatable bonds is 5. The average Bonchev–Trinajstić information content (AvgIpc) is 3.15. The monoisotopic (exact) mass is 393 g/mol. The zero-order valence-corrected chi connectivity index (χ0v) is 15.5. The van der Waals surface area contributed by atoms with Crippen LogP contribution in [0.3, 0.4) is 0 Å². The smallest absolute Gasteiger partial charge is 0.336 e. The van der Waals surface area contributed by atoms with Gasteiger partial charge >= 0.3 is 11.6 Å². The van der Waals surface area contributed by atoms with Gasteiger partial charge in [-0.05, 0) is 48.9 Å². The highest BCUT2D eigenvalue weighted by Gasteiger charge is 2.12. The van der Waals surface area contributed by atoms with Gasteiger partial charge in [-0.25, -0.2) is 14.2 Å². The number of carbonyl (C=O) groups excluding carboxylic acids is 1. The Morgan fingerprint density at radius 3 is 2.69 bits per heavy atom. The minimum Gasteiger partial charge on any atom is -0.441 e. The standard InChI is InChI=1S/C22H16FNO5/c1-13-10-22(26)29-18-11-16(6-7-17(13)18)27-21(25)9-8-20-24-12-19(28-20)14-2-4-15(23)5-3-14/h2-7,10-12H,8-9H2,1H3. The predicted molar refractivity (Wildman–Crippen MR) is 103 cm³/mol. The molecule has 146 valence electrons. The van der Waals surface area contributed by atoms with Gasteiger partial charge in [0.2, 0.25) is 0 Å². The summed E-state index contributed by atoms with van der Waals surface area (Å²) < 4.78 is 29.1. The van der Waals surface area contributed by atoms with Gasteiger partial charge in [-0.1, -0.05) is 0 Å². The van der Waals surface area contributed by atoms with Crippen LogP contribution in [0.5, 0.6) is 5.75 Å². The van der Waals surface area contributed by atoms with Crippen molar-refractivity contribution in [1.82, 2.24) is 4.98 Å². The molecule has 4 aromatic rings. The summed E-state index contributed by atoms with van der Waals surface area (Å²) in [5.41, 5.74) is 1.38. The van der Waals surface area contributed by atoms with E-state index in [2.05, 4.69) is 4.98 Å². The number of aromatic nitrogens is 1. The second-order valence-electron chi connectivity index (χ2n) is 6.51. The third kappa shape index (κ3) is 4.24. The lowest BCUT2D eigenvalue weighted by Gasteiger charge is -2.05. The first-order valence-electron chi connectivity index (χ1n) is 8.94. The molecule has 0 atom stereocenters. The van der Waals surface area contributed by atoms with Gasteiger partial charge in [0.1, 0.15) is 17.1 Å². The van der Waals surface area contributed by atoms with Gasteiger partial charge in [-0.15, -0.1) is 0 Å². The van der Waals surface area contributed by atoms with E-state index in [0.717, 1.165) is 10.9 Å². The van der Waals surface area contributed by atoms with Crippen molar-refractivity contribution in [2.45, 2.75) is 19.8 Å². The van der Waals surface area contributed by atoms with E-state index in [4.69, 9.17) is 13.6 Å². The maximum atomic E-state index is 13.0. The molecule has 0 aliphatic heterocycles. The molecule has 0 saturated carbocycles. The van der Waals surface area contributed by atoms with Crippen LogP contribution in [-0.4, -0.2) is 11.0 Å². The quantitative estimate of drug-likeness (QED) is 0.283. The number of oxazole rings is 1. The van der Waals surface area contributed by atoms with E-state index in [0.29, 0.717) is 22.8 Å². The molecule has 0 bridgehead atoms. The summed E-state index contributed by atoms with van der Waals surface area (Å²) in [7, 11) is 0. The molecule has 7 heteroatoms. The lowest BCUT2D eigenvalue weighted by molar-refractivity contribution is -0.134. The van der Waals surface area contributed by atoms with Crippen LogP contribution in [0.15, 0.2) is 68.4 Å². The Labute approximate surface area is 164 Å². The van der Waals surface area contributed by atoms with Crippen molar-refractivity contribution in [3.05, 3.63) is 82.4 Å². The molecular formula is C22H16FNO5. The van der Waals surface area contributed by atoms with E-state index < -0.39 is 11.6 Å². The number of halogens is 1. The molecule has 2 aromatic carbocycles. The van der Waals surface area contributed by atoms with Crippen LogP contribution in [0.1, 0.15) is 17.9 Å². The minimum atomic E-state index is -0.471. The third-order valence-corrected chi connectivity index (χ3v) is 4.38. The van der Waals surface area contributed by atoms with Crippen molar-refractivity contribution in [2.75, 3.05) is 0 Å². The van der Waals surface area contributed by atoms with Crippen molar-refractivity contribution < 1.29 is 22.8 Å². The van der Waals surface area contributed by atoms with Gasteiger partial charge in [-0.3, -0.25) is 4.79 Å². The van der Waals surface area contributed by atoms with Crippen LogP contribution < -0.4 is 10.4 Å². The molecule has 0 N–H and O–H groups in total. The molecule has 0 spiro atoms. The van der Waals surface area contributed by atoms with Gasteiger partial charge in [0, 0.05) is 29.5 Å². The number of benzene rings is 2. The second kappa shape index (κ2) is 7.71. The maximum Gasteiger partial charge on any atom is 0.336 e. The van der Waals surface area contributed by atoms with Crippen LogP contribution >= 0.6 is 0 Å². The fraction of sp³-hybridized carbons (Fsp3) is 0.136. The number of esters is 1. The lowest BCUT2D eigenvalue weighted by Crippen LogP contribution is -2.09. The summed E-state index contributed by atoms with van der Waals surface area (Å²) in [6, 6.07) is 12.2. The first kappa shape index (κ1) is 18.6. The van der Waals surface area contributed by atoms with Gasteiger partial charge in [0.25, 0.3) is 0 Å². The average molecular weight is 393 g/mol. The highest BCUT2D eigenvalue weighted by atomic mass is 19.1. The molecule has 2 aromatic heterocycles. The fourth-order valence-electron chi connectivity index (χ4n) is 2.93. The molecule has 0 unspecified atom stereocenters. The van der Waals surface area contributed by atoms with E-state index >= 15 is 0 Å². The SMILES string of the molecule is Cc1cc(=O)oc2cc(OC(=O)CCc3ncc(-c4ccc(F)cc4)o3)ccc12. The summed E-state index contributed by atoms with van der Waals surface area (Å²) in [6.45, 7) is 1.81. The van der Waals surface area contributed by atoms with Crippen molar-refractivity contribution in [1.29, 1.82) is 0 Å². The van der Waals surface area contributed by atoms with E-state index in [1.54, 1.807) is 24.3 Å². The molecule has 0 radical (unpaired) electrons. The minimum absolute atomic E-state index is 0.0547. The summed E-state index contributed by atoms with van der Waals surface area (Å²) in [5, 5.41) is 0.775. The first-order chi connectivity index (χ1) is 14.0. The Morgan fingerprint density at radius 1 is 1.10 bits per heavy atom. The second-order valence-corrected chi connectivity index (χ2v) is 6.51. The molecule has 0 aliphatic rings. The van der Waals surface area contributed by atoms with Crippen molar-refractivity contribution in [3.63, 3.8) is 0 Å². The molecule has 6 nitrogen and oxygen atoms in total. The summed E-state index contributed by atoms with van der Waals surface area (Å²) >= 11 is 0. The largest absolute Gasteiger partial charge is 0.441 e. The zero-order valence-electron chi connectivity index (χ0n) is 15.5. The lowest BCUT2D eigenvalue weighted by atomic mass is 10.1. The first-order valence-corrected chi connectivity index (χ1v) is 8.94. The Kier molecular flexibility index (Phi) is 4.95. The van der Waals surface area contributed by atoms with Crippen LogP contribution in [0.4, 0.5) is 4.39 Å². The van der Waals surface area contributed by atoms with Crippen LogP contribution in [-0.2, 0) is 11.2 Å².